The lowest BCUT2D eigenvalue weighted by Gasteiger charge is -2.14. The summed E-state index contributed by atoms with van der Waals surface area (Å²) in [7, 11) is 0. The number of carboxylic acids is 1. The number of carbonyl (C=O) groups is 2. The van der Waals surface area contributed by atoms with Crippen LogP contribution in [0.1, 0.15) is 12.0 Å². The minimum absolute atomic E-state index is 0.172. The van der Waals surface area contributed by atoms with E-state index < -0.39 is 12.0 Å². The van der Waals surface area contributed by atoms with Crippen molar-refractivity contribution in [2.24, 2.45) is 0 Å². The summed E-state index contributed by atoms with van der Waals surface area (Å²) in [5, 5.41) is 14.9. The number of carbonyl (C=O) groups excluding carboxylic acids is 1. The summed E-state index contributed by atoms with van der Waals surface area (Å²) in [6.07, 6.45) is 1.37. The molecule has 1 aromatic rings. The van der Waals surface area contributed by atoms with Gasteiger partial charge in [0.15, 0.2) is 0 Å². The van der Waals surface area contributed by atoms with Gasteiger partial charge >= 0.3 is 5.97 Å². The van der Waals surface area contributed by atoms with Crippen molar-refractivity contribution in [3.05, 3.63) is 41.4 Å². The topological polar surface area (TPSA) is 78.4 Å². The first-order valence-corrected chi connectivity index (χ1v) is 6.45. The Labute approximate surface area is 122 Å². The first-order valence-electron chi connectivity index (χ1n) is 6.07. The van der Waals surface area contributed by atoms with Gasteiger partial charge in [-0.05, 0) is 24.6 Å². The molecule has 0 fully saturated rings. The summed E-state index contributed by atoms with van der Waals surface area (Å²) in [6, 6.07) is 4.20. The molecule has 1 atom stereocenters. The third-order valence-corrected chi connectivity index (χ3v) is 3.15. The predicted molar refractivity (Wildman–Crippen MR) is 79.1 cm³/mol. The van der Waals surface area contributed by atoms with E-state index in [4.69, 9.17) is 16.7 Å². The van der Waals surface area contributed by atoms with E-state index >= 15 is 0 Å². The largest absolute Gasteiger partial charge is 0.480 e. The van der Waals surface area contributed by atoms with E-state index in [0.29, 0.717) is 17.3 Å². The van der Waals surface area contributed by atoms with Gasteiger partial charge in [0, 0.05) is 17.3 Å². The fourth-order valence-electron chi connectivity index (χ4n) is 1.60. The molecule has 0 aromatic heterocycles. The molecule has 1 unspecified atom stereocenters. The van der Waals surface area contributed by atoms with Gasteiger partial charge in [-0.25, -0.2) is 0 Å². The highest BCUT2D eigenvalue weighted by Crippen LogP contribution is 2.23. The zero-order valence-corrected chi connectivity index (χ0v) is 11.9. The van der Waals surface area contributed by atoms with Gasteiger partial charge < -0.3 is 15.7 Å². The van der Waals surface area contributed by atoms with Gasteiger partial charge in [-0.3, -0.25) is 9.59 Å². The van der Waals surface area contributed by atoms with E-state index in [1.54, 1.807) is 25.1 Å². The molecule has 3 N–H and O–H groups in total. The maximum Gasteiger partial charge on any atom is 0.321 e. The highest BCUT2D eigenvalue weighted by Gasteiger charge is 2.20. The van der Waals surface area contributed by atoms with Gasteiger partial charge in [-0.15, -0.1) is 6.58 Å². The molecular formula is C14H17ClN2O3. The van der Waals surface area contributed by atoms with Crippen LogP contribution < -0.4 is 10.6 Å². The summed E-state index contributed by atoms with van der Waals surface area (Å²) in [4.78, 5) is 22.9. The first kappa shape index (κ1) is 16.2. The van der Waals surface area contributed by atoms with E-state index in [2.05, 4.69) is 17.2 Å². The Bertz CT molecular complexity index is 517. The van der Waals surface area contributed by atoms with Gasteiger partial charge in [-0.1, -0.05) is 23.7 Å². The van der Waals surface area contributed by atoms with Crippen molar-refractivity contribution < 1.29 is 14.7 Å². The van der Waals surface area contributed by atoms with Gasteiger partial charge in [0.05, 0.1) is 6.42 Å². The zero-order chi connectivity index (χ0) is 15.1. The quantitative estimate of drug-likeness (QED) is 0.674. The number of hydrogen-bond acceptors (Lipinski definition) is 3. The summed E-state index contributed by atoms with van der Waals surface area (Å²) < 4.78 is 0. The minimum Gasteiger partial charge on any atom is -0.480 e. The monoisotopic (exact) mass is 296 g/mol. The molecular weight excluding hydrogens is 280 g/mol. The van der Waals surface area contributed by atoms with Crippen molar-refractivity contribution in [3.8, 4) is 0 Å². The van der Waals surface area contributed by atoms with E-state index in [1.807, 2.05) is 0 Å². The Morgan fingerprint density at radius 3 is 2.80 bits per heavy atom. The Morgan fingerprint density at radius 2 is 2.20 bits per heavy atom. The van der Waals surface area contributed by atoms with Crippen molar-refractivity contribution in [2.75, 3.05) is 11.9 Å². The lowest BCUT2D eigenvalue weighted by atomic mass is 10.1. The van der Waals surface area contributed by atoms with Gasteiger partial charge in [0.1, 0.15) is 6.04 Å². The molecule has 0 radical (unpaired) electrons. The number of benzene rings is 1. The number of rotatable bonds is 7. The van der Waals surface area contributed by atoms with Gasteiger partial charge in [-0.2, -0.15) is 0 Å². The SMILES string of the molecule is C=CCNC(CC(=O)Nc1cccc(Cl)c1C)C(=O)O. The molecule has 6 heteroatoms. The maximum absolute atomic E-state index is 11.9. The molecule has 0 aliphatic heterocycles. The van der Waals surface area contributed by atoms with Crippen LogP contribution in [0.2, 0.25) is 5.02 Å². The molecule has 0 aliphatic carbocycles. The Balaban J connectivity index is 2.68. The molecule has 1 amide bonds. The summed E-state index contributed by atoms with van der Waals surface area (Å²) in [6.45, 7) is 5.59. The number of halogens is 1. The smallest absolute Gasteiger partial charge is 0.321 e. The number of amides is 1. The van der Waals surface area contributed by atoms with Crippen LogP contribution in [0.25, 0.3) is 0 Å². The van der Waals surface area contributed by atoms with Crippen molar-refractivity contribution >= 4 is 29.2 Å². The fourth-order valence-corrected chi connectivity index (χ4v) is 1.78. The second-order valence-corrected chi connectivity index (χ2v) is 4.66. The molecule has 0 saturated carbocycles. The fraction of sp³-hybridized carbons (Fsp3) is 0.286. The third kappa shape index (κ3) is 4.68. The summed E-state index contributed by atoms with van der Waals surface area (Å²) in [5.41, 5.74) is 1.32. The normalized spacial score (nSPS) is 11.7. The molecule has 1 rings (SSSR count). The molecule has 0 aliphatic rings. The summed E-state index contributed by atoms with van der Waals surface area (Å²) in [5.74, 6) is -1.47. The average molecular weight is 297 g/mol. The second kappa shape index (κ2) is 7.67. The average Bonchev–Trinajstić information content (AvgIpc) is 2.39. The highest BCUT2D eigenvalue weighted by atomic mass is 35.5. The summed E-state index contributed by atoms with van der Waals surface area (Å²) >= 11 is 5.95. The lowest BCUT2D eigenvalue weighted by Crippen LogP contribution is -2.39. The number of nitrogens with one attached hydrogen (secondary N) is 2. The van der Waals surface area contributed by atoms with Crippen molar-refractivity contribution in [2.45, 2.75) is 19.4 Å². The highest BCUT2D eigenvalue weighted by molar-refractivity contribution is 6.31. The molecule has 0 spiro atoms. The van der Waals surface area contributed by atoms with Gasteiger partial charge in [0.2, 0.25) is 5.91 Å². The predicted octanol–water partition coefficient (Wildman–Crippen LogP) is 2.21. The number of aliphatic carboxylic acids is 1. The van der Waals surface area contributed by atoms with Crippen LogP contribution in [0.5, 0.6) is 0 Å². The van der Waals surface area contributed by atoms with Crippen LogP contribution in [-0.4, -0.2) is 29.6 Å². The lowest BCUT2D eigenvalue weighted by molar-refractivity contribution is -0.140. The molecule has 5 nitrogen and oxygen atoms in total. The van der Waals surface area contributed by atoms with Crippen LogP contribution >= 0.6 is 11.6 Å². The van der Waals surface area contributed by atoms with E-state index in [1.165, 1.54) is 6.08 Å². The molecule has 20 heavy (non-hydrogen) atoms. The van der Waals surface area contributed by atoms with Crippen molar-refractivity contribution in [1.29, 1.82) is 0 Å². The standard InChI is InChI=1S/C14H17ClN2O3/c1-3-7-16-12(14(19)20)8-13(18)17-11-6-4-5-10(15)9(11)2/h3-6,12,16H,1,7-8H2,2H3,(H,17,18)(H,19,20). The van der Waals surface area contributed by atoms with Gasteiger partial charge in [0.25, 0.3) is 0 Å². The first-order chi connectivity index (χ1) is 9.45. The zero-order valence-electron chi connectivity index (χ0n) is 11.1. The number of anilines is 1. The van der Waals surface area contributed by atoms with E-state index in [-0.39, 0.29) is 12.3 Å². The molecule has 1 aromatic carbocycles. The Kier molecular flexibility index (Phi) is 6.21. The van der Waals surface area contributed by atoms with Crippen LogP contribution in [-0.2, 0) is 9.59 Å². The molecule has 0 bridgehead atoms. The van der Waals surface area contributed by atoms with Crippen molar-refractivity contribution in [3.63, 3.8) is 0 Å². The maximum atomic E-state index is 11.9. The minimum atomic E-state index is -1.08. The van der Waals surface area contributed by atoms with Crippen LogP contribution in [0.15, 0.2) is 30.9 Å². The number of hydrogen-bond donors (Lipinski definition) is 3. The molecule has 0 heterocycles. The molecule has 108 valence electrons. The van der Waals surface area contributed by atoms with E-state index in [9.17, 15) is 9.59 Å². The third-order valence-electron chi connectivity index (χ3n) is 2.74. The second-order valence-electron chi connectivity index (χ2n) is 4.25. The Morgan fingerprint density at radius 1 is 1.50 bits per heavy atom. The van der Waals surface area contributed by atoms with Crippen molar-refractivity contribution in [1.82, 2.24) is 5.32 Å². The molecule has 0 saturated heterocycles. The van der Waals surface area contributed by atoms with Crippen LogP contribution in [0.3, 0.4) is 0 Å². The van der Waals surface area contributed by atoms with Crippen LogP contribution in [0.4, 0.5) is 5.69 Å². The van der Waals surface area contributed by atoms with E-state index in [0.717, 1.165) is 5.56 Å². The number of carboxylic acid groups (broad SMARTS) is 1. The Hall–Kier alpha value is -1.85. The van der Waals surface area contributed by atoms with Crippen LogP contribution in [0, 0.1) is 6.92 Å².